The van der Waals surface area contributed by atoms with E-state index >= 15 is 0 Å². The zero-order valence-electron chi connectivity index (χ0n) is 11.6. The van der Waals surface area contributed by atoms with Crippen molar-refractivity contribution in [2.45, 2.75) is 18.2 Å². The molecule has 0 spiro atoms. The first-order valence-electron chi connectivity index (χ1n) is 6.47. The molecule has 23 heavy (non-hydrogen) atoms. The van der Waals surface area contributed by atoms with Gasteiger partial charge in [0.05, 0.1) is 12.9 Å². The van der Waals surface area contributed by atoms with Crippen molar-refractivity contribution in [3.8, 4) is 0 Å². The van der Waals surface area contributed by atoms with Crippen molar-refractivity contribution < 1.29 is 29.3 Å². The molecule has 0 aliphatic carbocycles. The Morgan fingerprint density at radius 1 is 1.43 bits per heavy atom. The third-order valence-electron chi connectivity index (χ3n) is 3.59. The Hall–Kier alpha value is -2.04. The van der Waals surface area contributed by atoms with Crippen LogP contribution in [0.1, 0.15) is 6.42 Å². The largest absolute Gasteiger partial charge is 0.475 e. The van der Waals surface area contributed by atoms with E-state index in [1.807, 2.05) is 0 Å². The topological polar surface area (TPSA) is 177 Å². The average molecular weight is 343 g/mol. The smallest absolute Gasteiger partial charge is 0.390 e. The molecule has 3 heterocycles. The van der Waals surface area contributed by atoms with E-state index in [0.29, 0.717) is 0 Å². The standard InChI is InChI=1S/C11H14N5O6P/c12-9-8-10(14-4-13-9)16(5-15-8)11(18)2-1-7(23(19,20)21)22-6(11)3-17/h1,4-6,17-18H,2-3H2,(H2,12,13,14)(H2,19,20,21)/t6-,11-/m1/s1. The number of hydrogen-bond donors (Lipinski definition) is 5. The van der Waals surface area contributed by atoms with Gasteiger partial charge in [0.25, 0.3) is 0 Å². The van der Waals surface area contributed by atoms with E-state index in [2.05, 4.69) is 15.0 Å². The van der Waals surface area contributed by atoms with Gasteiger partial charge < -0.3 is 30.5 Å². The minimum Gasteiger partial charge on any atom is -0.475 e. The van der Waals surface area contributed by atoms with Crippen LogP contribution in [0.2, 0.25) is 0 Å². The van der Waals surface area contributed by atoms with Gasteiger partial charge in [0.2, 0.25) is 5.50 Å². The van der Waals surface area contributed by atoms with Gasteiger partial charge in [-0.25, -0.2) is 15.0 Å². The van der Waals surface area contributed by atoms with Crippen molar-refractivity contribution in [2.24, 2.45) is 0 Å². The number of fused-ring (bicyclic) bond motifs is 1. The molecule has 12 heteroatoms. The molecule has 11 nitrogen and oxygen atoms in total. The van der Waals surface area contributed by atoms with Crippen molar-refractivity contribution in [3.63, 3.8) is 0 Å². The number of nitrogen functional groups attached to an aromatic ring is 1. The molecular formula is C11H14N5O6P. The summed E-state index contributed by atoms with van der Waals surface area (Å²) in [5, 5.41) is 20.4. The lowest BCUT2D eigenvalue weighted by atomic mass is 10.0. The first-order valence-corrected chi connectivity index (χ1v) is 8.09. The molecule has 3 rings (SSSR count). The summed E-state index contributed by atoms with van der Waals surface area (Å²) in [4.78, 5) is 30.1. The van der Waals surface area contributed by atoms with Crippen molar-refractivity contribution in [1.82, 2.24) is 19.5 Å². The fourth-order valence-electron chi connectivity index (χ4n) is 2.42. The fraction of sp³-hybridized carbons (Fsp3) is 0.364. The summed E-state index contributed by atoms with van der Waals surface area (Å²) in [5.41, 5.74) is 3.70. The number of hydrogen-bond acceptors (Lipinski definition) is 8. The maximum absolute atomic E-state index is 11.3. The molecule has 1 aliphatic heterocycles. The SMILES string of the molecule is Nc1ncnc2c1ncn2[C@@]1(O)CC=C(P(=O)(O)O)O[C@@H]1CO. The number of ether oxygens (including phenoxy) is 1. The molecule has 6 N–H and O–H groups in total. The maximum atomic E-state index is 11.3. The first kappa shape index (κ1) is 15.8. The zero-order valence-corrected chi connectivity index (χ0v) is 12.5. The Labute approximate surface area is 129 Å². The molecule has 0 fully saturated rings. The van der Waals surface area contributed by atoms with E-state index < -0.39 is 31.5 Å². The monoisotopic (exact) mass is 343 g/mol. The Balaban J connectivity index is 2.11. The van der Waals surface area contributed by atoms with E-state index in [-0.39, 0.29) is 23.4 Å². The van der Waals surface area contributed by atoms with E-state index in [1.54, 1.807) is 0 Å². The number of nitrogens with two attached hydrogens (primary N) is 1. The average Bonchev–Trinajstić information content (AvgIpc) is 2.92. The molecule has 0 unspecified atom stereocenters. The van der Waals surface area contributed by atoms with Gasteiger partial charge >= 0.3 is 7.60 Å². The van der Waals surface area contributed by atoms with Crippen LogP contribution < -0.4 is 5.73 Å². The van der Waals surface area contributed by atoms with Gasteiger partial charge in [-0.15, -0.1) is 0 Å². The Morgan fingerprint density at radius 3 is 2.83 bits per heavy atom. The molecule has 0 aromatic carbocycles. The van der Waals surface area contributed by atoms with E-state index in [4.69, 9.17) is 20.3 Å². The Morgan fingerprint density at radius 2 is 2.17 bits per heavy atom. The van der Waals surface area contributed by atoms with Crippen molar-refractivity contribution >= 4 is 24.6 Å². The first-order chi connectivity index (χ1) is 10.8. The molecule has 124 valence electrons. The van der Waals surface area contributed by atoms with Crippen LogP contribution in [-0.4, -0.2) is 52.2 Å². The lowest BCUT2D eigenvalue weighted by molar-refractivity contribution is -0.161. The van der Waals surface area contributed by atoms with Gasteiger partial charge in [0.1, 0.15) is 11.8 Å². The van der Waals surface area contributed by atoms with Gasteiger partial charge in [0, 0.05) is 6.42 Å². The highest BCUT2D eigenvalue weighted by molar-refractivity contribution is 7.56. The lowest BCUT2D eigenvalue weighted by Crippen LogP contribution is -2.49. The third-order valence-corrected chi connectivity index (χ3v) is 4.45. The quantitative estimate of drug-likeness (QED) is 0.428. The Bertz CT molecular complexity index is 831. The third kappa shape index (κ3) is 2.48. The normalized spacial score (nSPS) is 25.2. The minimum atomic E-state index is -4.63. The molecule has 0 bridgehead atoms. The predicted molar refractivity (Wildman–Crippen MR) is 76.6 cm³/mol. The molecule has 2 aromatic rings. The summed E-state index contributed by atoms with van der Waals surface area (Å²) in [5.74, 6) is 0.112. The number of aliphatic hydroxyl groups is 2. The van der Waals surface area contributed by atoms with E-state index in [1.165, 1.54) is 17.2 Å². The van der Waals surface area contributed by atoms with Gasteiger partial charge in [0.15, 0.2) is 23.3 Å². The summed E-state index contributed by atoms with van der Waals surface area (Å²) >= 11 is 0. The summed E-state index contributed by atoms with van der Waals surface area (Å²) in [6, 6.07) is 0. The zero-order chi connectivity index (χ0) is 16.8. The van der Waals surface area contributed by atoms with Crippen LogP contribution in [0.3, 0.4) is 0 Å². The molecule has 1 aliphatic rings. The summed E-state index contributed by atoms with van der Waals surface area (Å²) in [6.45, 7) is -0.686. The second kappa shape index (κ2) is 5.25. The highest BCUT2D eigenvalue weighted by Gasteiger charge is 2.46. The predicted octanol–water partition coefficient (Wildman–Crippen LogP) is -1.15. The second-order valence-electron chi connectivity index (χ2n) is 5.00. The molecule has 2 aromatic heterocycles. The van der Waals surface area contributed by atoms with Crippen molar-refractivity contribution in [2.75, 3.05) is 12.3 Å². The molecule has 0 amide bonds. The summed E-state index contributed by atoms with van der Waals surface area (Å²) < 4.78 is 17.6. The van der Waals surface area contributed by atoms with Crippen LogP contribution in [0.5, 0.6) is 0 Å². The van der Waals surface area contributed by atoms with Gasteiger partial charge in [-0.3, -0.25) is 9.13 Å². The van der Waals surface area contributed by atoms with E-state index in [9.17, 15) is 14.8 Å². The van der Waals surface area contributed by atoms with Crippen LogP contribution in [0.4, 0.5) is 5.82 Å². The number of rotatable bonds is 3. The number of aromatic nitrogens is 4. The highest BCUT2D eigenvalue weighted by atomic mass is 31.2. The maximum Gasteiger partial charge on any atom is 0.390 e. The molecular weight excluding hydrogens is 329 g/mol. The van der Waals surface area contributed by atoms with E-state index in [0.717, 1.165) is 6.08 Å². The van der Waals surface area contributed by atoms with Crippen LogP contribution in [0.25, 0.3) is 11.2 Å². The Kier molecular flexibility index (Phi) is 3.62. The number of imidazole rings is 1. The lowest BCUT2D eigenvalue weighted by Gasteiger charge is -2.39. The molecule has 0 radical (unpaired) electrons. The minimum absolute atomic E-state index is 0.112. The molecule has 0 saturated carbocycles. The number of anilines is 1. The summed E-state index contributed by atoms with van der Waals surface area (Å²) in [6.07, 6.45) is 1.95. The van der Waals surface area contributed by atoms with Crippen LogP contribution in [0.15, 0.2) is 24.2 Å². The van der Waals surface area contributed by atoms with Gasteiger partial charge in [-0.2, -0.15) is 0 Å². The van der Waals surface area contributed by atoms with Gasteiger partial charge in [-0.1, -0.05) is 0 Å². The van der Waals surface area contributed by atoms with Crippen LogP contribution in [-0.2, 0) is 15.0 Å². The second-order valence-corrected chi connectivity index (χ2v) is 6.53. The molecule has 0 saturated heterocycles. The summed E-state index contributed by atoms with van der Waals surface area (Å²) in [7, 11) is -4.63. The highest BCUT2D eigenvalue weighted by Crippen LogP contribution is 2.50. The van der Waals surface area contributed by atoms with Crippen molar-refractivity contribution in [3.05, 3.63) is 24.2 Å². The number of nitrogens with zero attached hydrogens (tertiary/aromatic N) is 4. The van der Waals surface area contributed by atoms with Gasteiger partial charge in [-0.05, 0) is 6.08 Å². The fourth-order valence-corrected chi connectivity index (χ4v) is 3.01. The molecule has 2 atom stereocenters. The van der Waals surface area contributed by atoms with Crippen molar-refractivity contribution in [1.29, 1.82) is 0 Å². The van der Waals surface area contributed by atoms with Crippen LogP contribution in [0, 0.1) is 0 Å². The van der Waals surface area contributed by atoms with Crippen LogP contribution >= 0.6 is 7.60 Å². The number of aliphatic hydroxyl groups excluding tert-OH is 1.